The minimum atomic E-state index is -1.88. The summed E-state index contributed by atoms with van der Waals surface area (Å²) in [6.45, 7) is 5.66. The number of rotatable bonds is 4. The number of H-pyrrole nitrogens is 1. The molecule has 0 aliphatic heterocycles. The third kappa shape index (κ3) is 2.44. The van der Waals surface area contributed by atoms with Gasteiger partial charge in [-0.1, -0.05) is 19.4 Å². The summed E-state index contributed by atoms with van der Waals surface area (Å²) in [7, 11) is -1.88. The maximum atomic E-state index is 13.1. The summed E-state index contributed by atoms with van der Waals surface area (Å²) in [4.78, 5) is 3.33. The molecule has 1 heterocycles. The van der Waals surface area contributed by atoms with Crippen molar-refractivity contribution in [3.63, 3.8) is 0 Å². The number of aromatic nitrogens is 1. The molecule has 1 N–H and O–H groups in total. The smallest absolute Gasteiger partial charge is 0.272 e. The van der Waals surface area contributed by atoms with Crippen molar-refractivity contribution in [3.05, 3.63) is 29.5 Å². The minimum Gasteiger partial charge on any atom is -0.443 e. The lowest BCUT2D eigenvalue weighted by atomic mass is 10.1. The first-order valence-corrected chi connectivity index (χ1v) is 7.41. The summed E-state index contributed by atoms with van der Waals surface area (Å²) < 4.78 is 18.4. The normalized spacial score (nSPS) is 12.9. The fraction of sp³-hybridized carbons (Fsp3) is 0.385. The van der Waals surface area contributed by atoms with Gasteiger partial charge in [-0.3, -0.25) is 0 Å². The second-order valence-corrected chi connectivity index (χ2v) is 5.19. The van der Waals surface area contributed by atoms with Gasteiger partial charge in [0.05, 0.1) is 0 Å². The molecule has 2 rings (SSSR count). The van der Waals surface area contributed by atoms with Crippen LogP contribution < -0.4 is 4.52 Å². The molecule has 0 fully saturated rings. The Morgan fingerprint density at radius 1 is 1.41 bits per heavy atom. The zero-order valence-corrected chi connectivity index (χ0v) is 11.3. The molecule has 4 heteroatoms. The molecule has 0 spiro atoms. The number of halogens is 1. The quantitative estimate of drug-likeness (QED) is 0.783. The summed E-state index contributed by atoms with van der Waals surface area (Å²) in [6, 6.07) is 5.74. The van der Waals surface area contributed by atoms with Crippen molar-refractivity contribution >= 4 is 19.4 Å². The average molecular weight is 253 g/mol. The van der Waals surface area contributed by atoms with E-state index in [0.717, 1.165) is 29.4 Å². The highest BCUT2D eigenvalue weighted by Crippen LogP contribution is 2.40. The van der Waals surface area contributed by atoms with Gasteiger partial charge in [-0.25, -0.2) is 0 Å². The second-order valence-electron chi connectivity index (χ2n) is 4.17. The number of hydrogen-bond acceptors (Lipinski definition) is 1. The molecule has 0 bridgehead atoms. The van der Waals surface area contributed by atoms with Crippen molar-refractivity contribution in [2.24, 2.45) is 0 Å². The highest BCUT2D eigenvalue weighted by atomic mass is 31.2. The Balaban J connectivity index is 2.59. The standard InChI is InChI=1S/C13H17FNOP/c1-4-6-10-9(2)15-11-7-5-8-12(13(10)11)16-17(3)14/h5,7-8,15H,4,6H2,1-3H3. The molecule has 2 aromatic rings. The first-order chi connectivity index (χ1) is 8.13. The van der Waals surface area contributed by atoms with Crippen LogP contribution in [0.4, 0.5) is 4.20 Å². The van der Waals surface area contributed by atoms with Crippen molar-refractivity contribution in [2.75, 3.05) is 6.66 Å². The van der Waals surface area contributed by atoms with Crippen LogP contribution in [0.25, 0.3) is 10.9 Å². The Hall–Kier alpha value is -1.08. The first kappa shape index (κ1) is 12.4. The summed E-state index contributed by atoms with van der Waals surface area (Å²) in [6.07, 6.45) is 2.05. The molecule has 0 saturated heterocycles. The van der Waals surface area contributed by atoms with Gasteiger partial charge in [0.2, 0.25) is 0 Å². The molecule has 0 saturated carbocycles. The van der Waals surface area contributed by atoms with E-state index in [1.165, 1.54) is 12.2 Å². The van der Waals surface area contributed by atoms with E-state index in [0.29, 0.717) is 5.75 Å². The van der Waals surface area contributed by atoms with Gasteiger partial charge >= 0.3 is 0 Å². The lowest BCUT2D eigenvalue weighted by molar-refractivity contribution is 0.577. The lowest BCUT2D eigenvalue weighted by Gasteiger charge is -2.08. The molecule has 0 aliphatic carbocycles. The van der Waals surface area contributed by atoms with Crippen molar-refractivity contribution in [3.8, 4) is 5.75 Å². The van der Waals surface area contributed by atoms with Crippen LogP contribution >= 0.6 is 8.46 Å². The molecule has 0 amide bonds. The maximum absolute atomic E-state index is 13.1. The number of aromatic amines is 1. The van der Waals surface area contributed by atoms with Gasteiger partial charge in [0.1, 0.15) is 5.75 Å². The molecule has 0 radical (unpaired) electrons. The van der Waals surface area contributed by atoms with E-state index < -0.39 is 8.46 Å². The van der Waals surface area contributed by atoms with E-state index in [4.69, 9.17) is 4.52 Å². The van der Waals surface area contributed by atoms with Crippen LogP contribution in [0.3, 0.4) is 0 Å². The van der Waals surface area contributed by atoms with Crippen molar-refractivity contribution < 1.29 is 8.72 Å². The maximum Gasteiger partial charge on any atom is 0.272 e. The third-order valence-corrected chi connectivity index (χ3v) is 3.28. The van der Waals surface area contributed by atoms with Crippen LogP contribution in [-0.2, 0) is 6.42 Å². The topological polar surface area (TPSA) is 25.0 Å². The van der Waals surface area contributed by atoms with Gasteiger partial charge in [0, 0.05) is 23.3 Å². The van der Waals surface area contributed by atoms with Crippen LogP contribution in [0.2, 0.25) is 0 Å². The fourth-order valence-electron chi connectivity index (χ4n) is 2.19. The largest absolute Gasteiger partial charge is 0.443 e. The molecular weight excluding hydrogens is 236 g/mol. The highest BCUT2D eigenvalue weighted by Gasteiger charge is 2.14. The first-order valence-electron chi connectivity index (χ1n) is 5.81. The predicted octanol–water partition coefficient (Wildman–Crippen LogP) is 4.72. The molecular formula is C13H17FNOP. The molecule has 0 aliphatic rings. The zero-order valence-electron chi connectivity index (χ0n) is 10.4. The van der Waals surface area contributed by atoms with Crippen LogP contribution in [0.5, 0.6) is 5.75 Å². The molecule has 92 valence electrons. The van der Waals surface area contributed by atoms with E-state index in [1.54, 1.807) is 0 Å². The predicted molar refractivity (Wildman–Crippen MR) is 71.6 cm³/mol. The zero-order chi connectivity index (χ0) is 12.4. The number of benzene rings is 1. The highest BCUT2D eigenvalue weighted by molar-refractivity contribution is 7.46. The molecule has 1 aromatic carbocycles. The third-order valence-electron chi connectivity index (χ3n) is 2.83. The van der Waals surface area contributed by atoms with Gasteiger partial charge in [-0.15, -0.1) is 0 Å². The summed E-state index contributed by atoms with van der Waals surface area (Å²) in [5.41, 5.74) is 3.42. The Morgan fingerprint density at radius 3 is 2.82 bits per heavy atom. The van der Waals surface area contributed by atoms with Gasteiger partial charge in [0.15, 0.2) is 0 Å². The Bertz CT molecular complexity index is 521. The second kappa shape index (κ2) is 5.05. The molecule has 1 aromatic heterocycles. The number of aryl methyl sites for hydroxylation is 2. The summed E-state index contributed by atoms with van der Waals surface area (Å²) in [5.74, 6) is 0.659. The Kier molecular flexibility index (Phi) is 3.68. The van der Waals surface area contributed by atoms with Crippen LogP contribution in [0.1, 0.15) is 24.6 Å². The van der Waals surface area contributed by atoms with Gasteiger partial charge in [-0.05, 0) is 31.0 Å². The van der Waals surface area contributed by atoms with E-state index in [-0.39, 0.29) is 0 Å². The monoisotopic (exact) mass is 253 g/mol. The van der Waals surface area contributed by atoms with Crippen LogP contribution in [-0.4, -0.2) is 11.6 Å². The SMILES string of the molecule is CCCc1c(C)[nH]c2cccc(OP(C)F)c12. The summed E-state index contributed by atoms with van der Waals surface area (Å²) in [5, 5.41) is 1.04. The van der Waals surface area contributed by atoms with Crippen molar-refractivity contribution in [2.45, 2.75) is 26.7 Å². The molecule has 2 nitrogen and oxygen atoms in total. The number of fused-ring (bicyclic) bond motifs is 1. The Labute approximate surface area is 102 Å². The van der Waals surface area contributed by atoms with Crippen molar-refractivity contribution in [1.82, 2.24) is 4.98 Å². The summed E-state index contributed by atoms with van der Waals surface area (Å²) >= 11 is 0. The minimum absolute atomic E-state index is 0.659. The lowest BCUT2D eigenvalue weighted by Crippen LogP contribution is -1.88. The number of hydrogen-bond donors (Lipinski definition) is 1. The van der Waals surface area contributed by atoms with E-state index in [9.17, 15) is 4.20 Å². The Morgan fingerprint density at radius 2 is 2.18 bits per heavy atom. The average Bonchev–Trinajstić information content (AvgIpc) is 2.56. The van der Waals surface area contributed by atoms with E-state index >= 15 is 0 Å². The number of nitrogens with one attached hydrogen (secondary N) is 1. The molecule has 1 atom stereocenters. The molecule has 17 heavy (non-hydrogen) atoms. The van der Waals surface area contributed by atoms with Crippen molar-refractivity contribution in [1.29, 1.82) is 0 Å². The van der Waals surface area contributed by atoms with Gasteiger partial charge in [0.25, 0.3) is 8.46 Å². The van der Waals surface area contributed by atoms with Gasteiger partial charge < -0.3 is 9.51 Å². The molecule has 1 unspecified atom stereocenters. The van der Waals surface area contributed by atoms with Crippen LogP contribution in [0.15, 0.2) is 18.2 Å². The van der Waals surface area contributed by atoms with Crippen LogP contribution in [0, 0.1) is 6.92 Å². The van der Waals surface area contributed by atoms with E-state index in [2.05, 4.69) is 18.8 Å². The van der Waals surface area contributed by atoms with E-state index in [1.807, 2.05) is 18.2 Å². The fourth-order valence-corrected chi connectivity index (χ4v) is 2.61. The van der Waals surface area contributed by atoms with Gasteiger partial charge in [-0.2, -0.15) is 4.20 Å².